The SMILES string of the molecule is COC(=O)c1ccc2nc(NC(=O)Nc3cccc(N=O)c3)sc2c1. The number of ether oxygens (including phenoxy) is 1. The predicted molar refractivity (Wildman–Crippen MR) is 95.5 cm³/mol. The van der Waals surface area contributed by atoms with Crippen LogP contribution in [0.25, 0.3) is 10.2 Å². The third-order valence-corrected chi connectivity index (χ3v) is 4.17. The fourth-order valence-corrected chi connectivity index (χ4v) is 3.02. The van der Waals surface area contributed by atoms with Gasteiger partial charge in [0.2, 0.25) is 0 Å². The smallest absolute Gasteiger partial charge is 0.337 e. The molecule has 3 aromatic rings. The lowest BCUT2D eigenvalue weighted by Crippen LogP contribution is -2.19. The third kappa shape index (κ3) is 3.78. The number of nitrogens with one attached hydrogen (secondary N) is 2. The summed E-state index contributed by atoms with van der Waals surface area (Å²) in [7, 11) is 1.31. The zero-order valence-electron chi connectivity index (χ0n) is 13.0. The second-order valence-corrected chi connectivity index (χ2v) is 5.94. The number of rotatable bonds is 4. The summed E-state index contributed by atoms with van der Waals surface area (Å²) < 4.78 is 5.42. The molecule has 0 aliphatic carbocycles. The Morgan fingerprint density at radius 3 is 2.76 bits per heavy atom. The Bertz CT molecular complexity index is 970. The van der Waals surface area contributed by atoms with E-state index in [0.717, 1.165) is 4.70 Å². The van der Waals surface area contributed by atoms with Gasteiger partial charge >= 0.3 is 12.0 Å². The summed E-state index contributed by atoms with van der Waals surface area (Å²) in [5, 5.41) is 8.39. The summed E-state index contributed by atoms with van der Waals surface area (Å²) >= 11 is 1.23. The minimum absolute atomic E-state index is 0.216. The van der Waals surface area contributed by atoms with Gasteiger partial charge in [-0.25, -0.2) is 14.6 Å². The number of esters is 1. The van der Waals surface area contributed by atoms with Crippen molar-refractivity contribution >= 4 is 50.1 Å². The Hall–Kier alpha value is -3.33. The summed E-state index contributed by atoms with van der Waals surface area (Å²) in [5.41, 5.74) is 1.71. The molecule has 0 fully saturated rings. The van der Waals surface area contributed by atoms with Gasteiger partial charge in [-0.3, -0.25) is 5.32 Å². The van der Waals surface area contributed by atoms with Gasteiger partial charge in [-0.15, -0.1) is 4.91 Å². The zero-order chi connectivity index (χ0) is 17.8. The number of hydrogen-bond acceptors (Lipinski definition) is 7. The molecule has 1 aromatic heterocycles. The van der Waals surface area contributed by atoms with Crippen LogP contribution in [-0.4, -0.2) is 24.1 Å². The van der Waals surface area contributed by atoms with Crippen molar-refractivity contribution in [3.8, 4) is 0 Å². The molecule has 0 aliphatic rings. The fraction of sp³-hybridized carbons (Fsp3) is 0.0625. The van der Waals surface area contributed by atoms with E-state index in [4.69, 9.17) is 0 Å². The maximum atomic E-state index is 12.0. The highest BCUT2D eigenvalue weighted by Crippen LogP contribution is 2.27. The van der Waals surface area contributed by atoms with Crippen molar-refractivity contribution in [1.29, 1.82) is 0 Å². The van der Waals surface area contributed by atoms with Gasteiger partial charge in [-0.1, -0.05) is 17.4 Å². The van der Waals surface area contributed by atoms with Gasteiger partial charge in [0, 0.05) is 5.69 Å². The van der Waals surface area contributed by atoms with Gasteiger partial charge < -0.3 is 10.1 Å². The first kappa shape index (κ1) is 16.5. The molecule has 0 unspecified atom stereocenters. The summed E-state index contributed by atoms with van der Waals surface area (Å²) in [6, 6.07) is 10.7. The van der Waals surface area contributed by atoms with Crippen LogP contribution in [0.1, 0.15) is 10.4 Å². The highest BCUT2D eigenvalue weighted by atomic mass is 32.1. The molecule has 0 atom stereocenters. The van der Waals surface area contributed by atoms with Gasteiger partial charge in [0.1, 0.15) is 5.69 Å². The molecule has 0 spiro atoms. The highest BCUT2D eigenvalue weighted by Gasteiger charge is 2.11. The molecule has 126 valence electrons. The molecule has 0 saturated carbocycles. The Morgan fingerprint density at radius 2 is 2.00 bits per heavy atom. The van der Waals surface area contributed by atoms with E-state index in [0.29, 0.717) is 21.9 Å². The number of methoxy groups -OCH3 is 1. The maximum absolute atomic E-state index is 12.0. The maximum Gasteiger partial charge on any atom is 0.337 e. The van der Waals surface area contributed by atoms with Gasteiger partial charge in [-0.2, -0.15) is 0 Å². The lowest BCUT2D eigenvalue weighted by molar-refractivity contribution is 0.0601. The number of benzene rings is 2. The number of aromatic nitrogens is 1. The second-order valence-electron chi connectivity index (χ2n) is 4.91. The molecular formula is C16H12N4O4S. The normalized spacial score (nSPS) is 10.3. The fourth-order valence-electron chi connectivity index (χ4n) is 2.12. The largest absolute Gasteiger partial charge is 0.465 e. The Morgan fingerprint density at radius 1 is 1.16 bits per heavy atom. The van der Waals surface area contributed by atoms with Crippen LogP contribution < -0.4 is 10.6 Å². The summed E-state index contributed by atoms with van der Waals surface area (Å²) in [4.78, 5) is 38.4. The van der Waals surface area contributed by atoms with E-state index in [9.17, 15) is 14.5 Å². The minimum Gasteiger partial charge on any atom is -0.465 e. The molecular weight excluding hydrogens is 344 g/mol. The molecule has 2 N–H and O–H groups in total. The van der Waals surface area contributed by atoms with Gasteiger partial charge in [0.05, 0.1) is 22.9 Å². The zero-order valence-corrected chi connectivity index (χ0v) is 13.8. The van der Waals surface area contributed by atoms with Crippen LogP contribution in [0, 0.1) is 4.91 Å². The van der Waals surface area contributed by atoms with E-state index in [1.165, 1.54) is 30.6 Å². The number of carbonyl (C=O) groups is 2. The molecule has 0 aliphatic heterocycles. The Labute approximate surface area is 145 Å². The molecule has 8 nitrogen and oxygen atoms in total. The molecule has 0 bridgehead atoms. The number of nitroso groups, excluding NO2 is 1. The van der Waals surface area contributed by atoms with Crippen molar-refractivity contribution in [3.63, 3.8) is 0 Å². The number of hydrogen-bond donors (Lipinski definition) is 2. The first-order valence-electron chi connectivity index (χ1n) is 7.09. The van der Waals surface area contributed by atoms with Gasteiger partial charge in [0.15, 0.2) is 5.13 Å². The van der Waals surface area contributed by atoms with Crippen molar-refractivity contribution in [1.82, 2.24) is 4.98 Å². The number of nitrogens with zero attached hydrogens (tertiary/aromatic N) is 2. The molecule has 3 rings (SSSR count). The van der Waals surface area contributed by atoms with Gasteiger partial charge in [-0.05, 0) is 41.6 Å². The van der Waals surface area contributed by atoms with Gasteiger partial charge in [0.25, 0.3) is 0 Å². The number of anilines is 2. The van der Waals surface area contributed by atoms with E-state index >= 15 is 0 Å². The van der Waals surface area contributed by atoms with Crippen LogP contribution in [0.4, 0.5) is 21.3 Å². The number of fused-ring (bicyclic) bond motifs is 1. The van der Waals surface area contributed by atoms with E-state index in [1.807, 2.05) is 0 Å². The minimum atomic E-state index is -0.504. The first-order chi connectivity index (χ1) is 12.1. The topological polar surface area (TPSA) is 110 Å². The number of carbonyl (C=O) groups excluding carboxylic acids is 2. The van der Waals surface area contributed by atoms with Crippen LogP contribution >= 0.6 is 11.3 Å². The molecule has 0 radical (unpaired) electrons. The number of thiazole rings is 1. The highest BCUT2D eigenvalue weighted by molar-refractivity contribution is 7.22. The van der Waals surface area contributed by atoms with Crippen LogP contribution in [0.3, 0.4) is 0 Å². The first-order valence-corrected chi connectivity index (χ1v) is 7.91. The lowest BCUT2D eigenvalue weighted by atomic mass is 10.2. The lowest BCUT2D eigenvalue weighted by Gasteiger charge is -2.05. The molecule has 25 heavy (non-hydrogen) atoms. The number of amides is 2. The quantitative estimate of drug-likeness (QED) is 0.539. The van der Waals surface area contributed by atoms with E-state index < -0.39 is 12.0 Å². The molecule has 9 heteroatoms. The summed E-state index contributed by atoms with van der Waals surface area (Å²) in [5.74, 6) is -0.439. The molecule has 2 aromatic carbocycles. The van der Waals surface area contributed by atoms with Crippen molar-refractivity contribution in [2.45, 2.75) is 0 Å². The van der Waals surface area contributed by atoms with Crippen LogP contribution in [0.5, 0.6) is 0 Å². The van der Waals surface area contributed by atoms with Crippen LogP contribution in [0.15, 0.2) is 47.6 Å². The van der Waals surface area contributed by atoms with Crippen molar-refractivity contribution in [2.75, 3.05) is 17.7 Å². The Kier molecular flexibility index (Phi) is 4.66. The average molecular weight is 356 g/mol. The monoisotopic (exact) mass is 356 g/mol. The third-order valence-electron chi connectivity index (χ3n) is 3.24. The van der Waals surface area contributed by atoms with Crippen molar-refractivity contribution in [3.05, 3.63) is 52.9 Å². The number of urea groups is 1. The standard InChI is InChI=1S/C16H12N4O4S/c1-24-14(21)9-5-6-12-13(7-9)25-16(18-12)19-15(22)17-10-3-2-4-11(8-10)20-23/h2-8H,1H3,(H2,17,18,19,22). The van der Waals surface area contributed by atoms with E-state index in [2.05, 4.69) is 25.5 Å². The van der Waals surface area contributed by atoms with Crippen molar-refractivity contribution < 1.29 is 14.3 Å². The average Bonchev–Trinajstić information content (AvgIpc) is 3.02. The Balaban J connectivity index is 1.74. The second kappa shape index (κ2) is 7.05. The van der Waals surface area contributed by atoms with E-state index in [1.54, 1.807) is 30.3 Å². The molecule has 2 amide bonds. The summed E-state index contributed by atoms with van der Waals surface area (Å²) in [6.45, 7) is 0. The molecule has 1 heterocycles. The molecule has 0 saturated heterocycles. The predicted octanol–water partition coefficient (Wildman–Crippen LogP) is 4.12. The summed E-state index contributed by atoms with van der Waals surface area (Å²) in [6.07, 6.45) is 0. The van der Waals surface area contributed by atoms with E-state index in [-0.39, 0.29) is 5.69 Å². The van der Waals surface area contributed by atoms with Crippen LogP contribution in [-0.2, 0) is 4.74 Å². The van der Waals surface area contributed by atoms with Crippen molar-refractivity contribution in [2.24, 2.45) is 5.18 Å². The van der Waals surface area contributed by atoms with Crippen LogP contribution in [0.2, 0.25) is 0 Å².